The minimum absolute atomic E-state index is 0.0256. The van der Waals surface area contributed by atoms with Crippen LogP contribution in [-0.4, -0.2) is 59.3 Å². The summed E-state index contributed by atoms with van der Waals surface area (Å²) in [5, 5.41) is 15.5. The van der Waals surface area contributed by atoms with Crippen LogP contribution in [0.3, 0.4) is 0 Å². The molecule has 46 heavy (non-hydrogen) atoms. The molecule has 0 fully saturated rings. The molecule has 0 aliphatic carbocycles. The van der Waals surface area contributed by atoms with Gasteiger partial charge in [-0.05, 0) is 61.9 Å². The molecule has 0 aliphatic rings. The van der Waals surface area contributed by atoms with Crippen LogP contribution in [0.25, 0.3) is 11.1 Å². The van der Waals surface area contributed by atoms with Crippen LogP contribution in [0.15, 0.2) is 81.0 Å². The Bertz CT molecular complexity index is 2010. The van der Waals surface area contributed by atoms with Gasteiger partial charge in [0.1, 0.15) is 16.5 Å². The van der Waals surface area contributed by atoms with Crippen molar-refractivity contribution >= 4 is 72.2 Å². The summed E-state index contributed by atoms with van der Waals surface area (Å²) in [6.07, 6.45) is 1.79. The fourth-order valence-electron chi connectivity index (χ4n) is 3.98. The molecular weight excluding hydrogens is 682 g/mol. The maximum Gasteiger partial charge on any atom is 0.442 e. The average molecular weight is 712 g/mol. The zero-order chi connectivity index (χ0) is 33.6. The number of hydrogen-bond acceptors (Lipinski definition) is 10. The SMILES string of the molecule is CCOC(=O)N=S(C)(=O)c1cccc(Nc2ncc(-c3ccc(NS(=O)(=O)c4cccc(Cl)c4Cl)c(F)c3)c(NC(C)CO)n2)c1. The van der Waals surface area contributed by atoms with Crippen LogP contribution in [-0.2, 0) is 24.5 Å². The number of rotatable bonds is 11. The van der Waals surface area contributed by atoms with E-state index in [1.54, 1.807) is 32.0 Å². The number of amides is 1. The summed E-state index contributed by atoms with van der Waals surface area (Å²) in [6, 6.07) is 13.8. The maximum atomic E-state index is 15.3. The first-order valence-electron chi connectivity index (χ1n) is 13.5. The minimum Gasteiger partial charge on any atom is -0.448 e. The number of aromatic nitrogens is 2. The molecule has 17 heteroatoms. The molecular formula is C29H29Cl2FN6O6S2. The third-order valence-electron chi connectivity index (χ3n) is 6.22. The van der Waals surface area contributed by atoms with E-state index in [4.69, 9.17) is 27.9 Å². The van der Waals surface area contributed by atoms with Gasteiger partial charge in [-0.15, -0.1) is 4.36 Å². The fourth-order valence-corrected chi connectivity index (χ4v) is 6.93. The van der Waals surface area contributed by atoms with Crippen LogP contribution in [0.5, 0.6) is 0 Å². The highest BCUT2D eigenvalue weighted by molar-refractivity contribution is 7.93. The molecule has 1 heterocycles. The Kier molecular flexibility index (Phi) is 11.1. The molecule has 0 spiro atoms. The number of aliphatic hydroxyl groups is 1. The van der Waals surface area contributed by atoms with E-state index >= 15 is 4.39 Å². The molecule has 0 aliphatic heterocycles. The van der Waals surface area contributed by atoms with Crippen LogP contribution in [0.2, 0.25) is 10.0 Å². The Hall–Kier alpha value is -4.02. The van der Waals surface area contributed by atoms with Crippen LogP contribution < -0.4 is 15.4 Å². The van der Waals surface area contributed by atoms with Gasteiger partial charge < -0.3 is 20.5 Å². The van der Waals surface area contributed by atoms with E-state index in [-0.39, 0.29) is 50.5 Å². The standard InChI is InChI=1S/C29H29Cl2FN6O6S2/c1-4-44-29(40)38-45(3,41)20-8-5-7-19(14-20)35-28-33-15-21(27(36-28)34-17(2)16-39)18-11-12-24(23(32)13-18)37-46(42,43)25-10-6-9-22(30)26(25)31/h5-15,17,37,39H,4,16H2,1-3H3,(H2,33,34,35,36). The van der Waals surface area contributed by atoms with Gasteiger partial charge in [-0.25, -0.2) is 26.8 Å². The molecule has 0 radical (unpaired) electrons. The number of benzene rings is 3. The third-order valence-corrected chi connectivity index (χ3v) is 10.2. The highest BCUT2D eigenvalue weighted by Crippen LogP contribution is 2.33. The van der Waals surface area contributed by atoms with Crippen molar-refractivity contribution in [1.82, 2.24) is 9.97 Å². The zero-order valence-corrected chi connectivity index (χ0v) is 27.8. The maximum absolute atomic E-state index is 15.3. The number of aliphatic hydroxyl groups excluding tert-OH is 1. The number of hydrogen-bond donors (Lipinski definition) is 4. The van der Waals surface area contributed by atoms with E-state index in [0.29, 0.717) is 16.8 Å². The number of sulfonamides is 1. The van der Waals surface area contributed by atoms with Crippen molar-refractivity contribution in [2.24, 2.45) is 4.36 Å². The summed E-state index contributed by atoms with van der Waals surface area (Å²) in [4.78, 5) is 20.6. The first-order valence-corrected chi connectivity index (χ1v) is 17.7. The lowest BCUT2D eigenvalue weighted by Gasteiger charge is -2.17. The molecule has 4 N–H and O–H groups in total. The largest absolute Gasteiger partial charge is 0.448 e. The summed E-state index contributed by atoms with van der Waals surface area (Å²) < 4.78 is 64.8. The average Bonchev–Trinajstić information content (AvgIpc) is 2.99. The Morgan fingerprint density at radius 3 is 2.54 bits per heavy atom. The van der Waals surface area contributed by atoms with Gasteiger partial charge >= 0.3 is 6.09 Å². The second-order valence-corrected chi connectivity index (χ2v) is 14.5. The smallest absolute Gasteiger partial charge is 0.442 e. The van der Waals surface area contributed by atoms with Gasteiger partial charge in [0.2, 0.25) is 5.95 Å². The quantitative estimate of drug-likeness (QED) is 0.134. The monoisotopic (exact) mass is 710 g/mol. The lowest BCUT2D eigenvalue weighted by molar-refractivity contribution is 0.164. The Morgan fingerprint density at radius 1 is 1.11 bits per heavy atom. The second kappa shape index (κ2) is 14.6. The Labute approximate surface area is 275 Å². The summed E-state index contributed by atoms with van der Waals surface area (Å²) in [6.45, 7) is 3.16. The predicted octanol–water partition coefficient (Wildman–Crippen LogP) is 6.54. The number of nitrogens with zero attached hydrogens (tertiary/aromatic N) is 3. The van der Waals surface area contributed by atoms with E-state index in [1.165, 1.54) is 48.9 Å². The molecule has 2 unspecified atom stereocenters. The molecule has 3 aromatic carbocycles. The van der Waals surface area contributed by atoms with Crippen molar-refractivity contribution in [3.63, 3.8) is 0 Å². The topological polar surface area (TPSA) is 172 Å². The van der Waals surface area contributed by atoms with E-state index in [0.717, 1.165) is 6.07 Å². The molecule has 4 aromatic rings. The molecule has 0 saturated carbocycles. The first-order chi connectivity index (χ1) is 21.7. The highest BCUT2D eigenvalue weighted by atomic mass is 35.5. The number of anilines is 4. The van der Waals surface area contributed by atoms with Crippen LogP contribution >= 0.6 is 23.2 Å². The van der Waals surface area contributed by atoms with Gasteiger partial charge in [-0.1, -0.05) is 41.4 Å². The first kappa shape index (κ1) is 34.8. The predicted molar refractivity (Wildman–Crippen MR) is 176 cm³/mol. The van der Waals surface area contributed by atoms with Crippen LogP contribution in [0, 0.1) is 5.82 Å². The van der Waals surface area contributed by atoms with Gasteiger partial charge in [0.05, 0.1) is 38.7 Å². The fraction of sp³-hybridized carbons (Fsp3) is 0.207. The van der Waals surface area contributed by atoms with Gasteiger partial charge in [0, 0.05) is 34.6 Å². The lowest BCUT2D eigenvalue weighted by Crippen LogP contribution is -2.21. The zero-order valence-electron chi connectivity index (χ0n) is 24.6. The number of carbonyl (C=O) groups is 1. The Balaban J connectivity index is 1.64. The summed E-state index contributed by atoms with van der Waals surface area (Å²) in [5.41, 5.74) is 0.742. The summed E-state index contributed by atoms with van der Waals surface area (Å²) in [5.74, 6) is -0.567. The van der Waals surface area contributed by atoms with Crippen molar-refractivity contribution in [2.45, 2.75) is 29.7 Å². The van der Waals surface area contributed by atoms with Gasteiger partial charge in [0.15, 0.2) is 0 Å². The van der Waals surface area contributed by atoms with Crippen molar-refractivity contribution in [3.05, 3.63) is 82.7 Å². The lowest BCUT2D eigenvalue weighted by atomic mass is 10.1. The van der Waals surface area contributed by atoms with E-state index in [2.05, 4.69) is 29.7 Å². The minimum atomic E-state index is -4.28. The number of nitrogens with one attached hydrogen (secondary N) is 3. The Morgan fingerprint density at radius 2 is 1.85 bits per heavy atom. The second-order valence-electron chi connectivity index (χ2n) is 9.78. The third kappa shape index (κ3) is 8.41. The van der Waals surface area contributed by atoms with Crippen LogP contribution in [0.1, 0.15) is 13.8 Å². The van der Waals surface area contributed by atoms with E-state index in [1.807, 2.05) is 0 Å². The van der Waals surface area contributed by atoms with Gasteiger partial charge in [-0.3, -0.25) is 4.72 Å². The molecule has 1 aromatic heterocycles. The normalized spacial score (nSPS) is 13.3. The molecule has 2 atom stereocenters. The van der Waals surface area contributed by atoms with Crippen molar-refractivity contribution < 1.29 is 31.7 Å². The molecule has 244 valence electrons. The molecule has 4 rings (SSSR count). The van der Waals surface area contributed by atoms with Crippen molar-refractivity contribution in [1.29, 1.82) is 0 Å². The number of ether oxygens (including phenoxy) is 1. The molecule has 12 nitrogen and oxygen atoms in total. The van der Waals surface area contributed by atoms with Crippen LogP contribution in [0.4, 0.5) is 32.3 Å². The van der Waals surface area contributed by atoms with E-state index in [9.17, 15) is 22.5 Å². The molecule has 1 amide bonds. The number of carbonyl (C=O) groups excluding carboxylic acids is 1. The number of halogens is 3. The highest BCUT2D eigenvalue weighted by Gasteiger charge is 2.22. The molecule has 0 saturated heterocycles. The molecule has 0 bridgehead atoms. The van der Waals surface area contributed by atoms with E-state index < -0.39 is 37.7 Å². The summed E-state index contributed by atoms with van der Waals surface area (Å²) in [7, 11) is -7.39. The van der Waals surface area contributed by atoms with Crippen molar-refractivity contribution in [3.8, 4) is 11.1 Å². The van der Waals surface area contributed by atoms with Crippen molar-refractivity contribution in [2.75, 3.05) is 34.8 Å². The van der Waals surface area contributed by atoms with Gasteiger partial charge in [-0.2, -0.15) is 4.98 Å². The summed E-state index contributed by atoms with van der Waals surface area (Å²) >= 11 is 12.0. The van der Waals surface area contributed by atoms with Gasteiger partial charge in [0.25, 0.3) is 10.0 Å².